The zero-order valence-corrected chi connectivity index (χ0v) is 10.7. The third-order valence-corrected chi connectivity index (χ3v) is 3.15. The standard InChI is InChI=1S/C9H9Br2NO2/c1-14-9(13)3-5-2-7(11)8(12)4-6(5)10/h2,4H,3,12H2,1H3. The van der Waals surface area contributed by atoms with Gasteiger partial charge in [-0.3, -0.25) is 4.79 Å². The molecule has 0 aromatic heterocycles. The van der Waals surface area contributed by atoms with Crippen molar-refractivity contribution in [2.75, 3.05) is 12.8 Å². The molecule has 0 unspecified atom stereocenters. The Labute approximate surface area is 98.9 Å². The smallest absolute Gasteiger partial charge is 0.310 e. The number of nitrogen functional groups attached to an aromatic ring is 1. The van der Waals surface area contributed by atoms with Crippen molar-refractivity contribution in [3.05, 3.63) is 26.6 Å². The molecule has 5 heteroatoms. The minimum absolute atomic E-state index is 0.232. The molecule has 1 rings (SSSR count). The van der Waals surface area contributed by atoms with Crippen molar-refractivity contribution in [3.8, 4) is 0 Å². The Hall–Kier alpha value is -0.550. The summed E-state index contributed by atoms with van der Waals surface area (Å²) >= 11 is 6.62. The van der Waals surface area contributed by atoms with E-state index >= 15 is 0 Å². The van der Waals surface area contributed by atoms with Crippen LogP contribution < -0.4 is 5.73 Å². The molecule has 0 atom stereocenters. The van der Waals surface area contributed by atoms with Crippen molar-refractivity contribution in [1.82, 2.24) is 0 Å². The number of carbonyl (C=O) groups excluding carboxylic acids is 1. The van der Waals surface area contributed by atoms with Gasteiger partial charge in [-0.25, -0.2) is 0 Å². The van der Waals surface area contributed by atoms with E-state index in [1.807, 2.05) is 0 Å². The largest absolute Gasteiger partial charge is 0.469 e. The van der Waals surface area contributed by atoms with Gasteiger partial charge < -0.3 is 10.5 Å². The van der Waals surface area contributed by atoms with Crippen molar-refractivity contribution in [2.45, 2.75) is 6.42 Å². The van der Waals surface area contributed by atoms with Gasteiger partial charge >= 0.3 is 5.97 Å². The number of benzene rings is 1. The fourth-order valence-corrected chi connectivity index (χ4v) is 1.86. The van der Waals surface area contributed by atoms with E-state index in [4.69, 9.17) is 5.73 Å². The Morgan fingerprint density at radius 2 is 2.07 bits per heavy atom. The second-order valence-electron chi connectivity index (χ2n) is 2.72. The van der Waals surface area contributed by atoms with Crippen LogP contribution in [0.3, 0.4) is 0 Å². The maximum Gasteiger partial charge on any atom is 0.310 e. The minimum Gasteiger partial charge on any atom is -0.469 e. The van der Waals surface area contributed by atoms with E-state index in [0.29, 0.717) is 5.69 Å². The highest BCUT2D eigenvalue weighted by atomic mass is 79.9. The summed E-state index contributed by atoms with van der Waals surface area (Å²) in [4.78, 5) is 11.0. The summed E-state index contributed by atoms with van der Waals surface area (Å²) in [5.74, 6) is -0.276. The molecule has 0 radical (unpaired) electrons. The molecule has 3 nitrogen and oxygen atoms in total. The Bertz CT molecular complexity index is 366. The Morgan fingerprint density at radius 3 is 2.64 bits per heavy atom. The molecule has 0 aliphatic heterocycles. The molecule has 0 saturated heterocycles. The molecule has 76 valence electrons. The number of ether oxygens (including phenoxy) is 1. The number of hydrogen-bond donors (Lipinski definition) is 1. The van der Waals surface area contributed by atoms with Crippen LogP contribution in [0.2, 0.25) is 0 Å². The lowest BCUT2D eigenvalue weighted by Gasteiger charge is -2.06. The molecule has 1 aromatic rings. The van der Waals surface area contributed by atoms with E-state index in [9.17, 15) is 4.79 Å². The average molecular weight is 323 g/mol. The lowest BCUT2D eigenvalue weighted by atomic mass is 10.1. The molecule has 0 aliphatic carbocycles. The van der Waals surface area contributed by atoms with Gasteiger partial charge in [-0.15, -0.1) is 0 Å². The Balaban J connectivity index is 2.98. The number of hydrogen-bond acceptors (Lipinski definition) is 3. The van der Waals surface area contributed by atoms with E-state index in [-0.39, 0.29) is 12.4 Å². The maximum atomic E-state index is 11.0. The van der Waals surface area contributed by atoms with Gasteiger partial charge in [0.05, 0.1) is 13.5 Å². The molecule has 0 amide bonds. The summed E-state index contributed by atoms with van der Waals surface area (Å²) < 4.78 is 6.16. The molecule has 0 bridgehead atoms. The molecular formula is C9H9Br2NO2. The second kappa shape index (κ2) is 4.79. The van der Waals surface area contributed by atoms with E-state index in [2.05, 4.69) is 36.6 Å². The molecule has 2 N–H and O–H groups in total. The number of esters is 1. The fraction of sp³-hybridized carbons (Fsp3) is 0.222. The average Bonchev–Trinajstić information content (AvgIpc) is 2.14. The maximum absolute atomic E-state index is 11.0. The van der Waals surface area contributed by atoms with E-state index in [1.54, 1.807) is 12.1 Å². The number of methoxy groups -OCH3 is 1. The van der Waals surface area contributed by atoms with Crippen molar-refractivity contribution in [3.63, 3.8) is 0 Å². The summed E-state index contributed by atoms with van der Waals surface area (Å²) in [5.41, 5.74) is 7.14. The van der Waals surface area contributed by atoms with Gasteiger partial charge in [-0.1, -0.05) is 15.9 Å². The van der Waals surface area contributed by atoms with Crippen LogP contribution in [0.5, 0.6) is 0 Å². The summed E-state index contributed by atoms with van der Waals surface area (Å²) in [6.45, 7) is 0. The highest BCUT2D eigenvalue weighted by molar-refractivity contribution is 9.11. The van der Waals surface area contributed by atoms with Crippen LogP contribution in [0.4, 0.5) is 5.69 Å². The molecule has 0 aliphatic rings. The SMILES string of the molecule is COC(=O)Cc1cc(Br)c(N)cc1Br. The van der Waals surface area contributed by atoms with Crippen LogP contribution in [0, 0.1) is 0 Å². The lowest BCUT2D eigenvalue weighted by molar-refractivity contribution is -0.139. The van der Waals surface area contributed by atoms with Crippen molar-refractivity contribution >= 4 is 43.5 Å². The highest BCUT2D eigenvalue weighted by Gasteiger charge is 2.09. The van der Waals surface area contributed by atoms with Crippen LogP contribution >= 0.6 is 31.9 Å². The third kappa shape index (κ3) is 2.72. The van der Waals surface area contributed by atoms with Crippen molar-refractivity contribution in [1.29, 1.82) is 0 Å². The minimum atomic E-state index is -0.276. The zero-order chi connectivity index (χ0) is 10.7. The molecule has 14 heavy (non-hydrogen) atoms. The van der Waals surface area contributed by atoms with E-state index in [1.165, 1.54) is 7.11 Å². The summed E-state index contributed by atoms with van der Waals surface area (Å²) in [6, 6.07) is 3.55. The normalized spacial score (nSPS) is 9.93. The first-order valence-corrected chi connectivity index (χ1v) is 5.43. The van der Waals surface area contributed by atoms with E-state index < -0.39 is 0 Å². The van der Waals surface area contributed by atoms with Gasteiger partial charge in [0.2, 0.25) is 0 Å². The van der Waals surface area contributed by atoms with Crippen molar-refractivity contribution < 1.29 is 9.53 Å². The summed E-state index contributed by atoms with van der Waals surface area (Å²) in [6.07, 6.45) is 0.232. The Morgan fingerprint density at radius 1 is 1.43 bits per heavy atom. The van der Waals surface area contributed by atoms with Crippen LogP contribution in [-0.2, 0) is 16.0 Å². The first-order valence-electron chi connectivity index (χ1n) is 3.84. The first kappa shape index (κ1) is 11.5. The fourth-order valence-electron chi connectivity index (χ4n) is 0.967. The third-order valence-electron chi connectivity index (χ3n) is 1.73. The molecule has 0 spiro atoms. The van der Waals surface area contributed by atoms with Gasteiger partial charge in [0.15, 0.2) is 0 Å². The Kier molecular flexibility index (Phi) is 3.95. The van der Waals surface area contributed by atoms with Gasteiger partial charge in [-0.2, -0.15) is 0 Å². The van der Waals surface area contributed by atoms with Gasteiger partial charge in [0, 0.05) is 14.6 Å². The predicted molar refractivity (Wildman–Crippen MR) is 62.0 cm³/mol. The monoisotopic (exact) mass is 321 g/mol. The summed E-state index contributed by atoms with van der Waals surface area (Å²) in [7, 11) is 1.36. The molecule has 1 aromatic carbocycles. The molecular weight excluding hydrogens is 314 g/mol. The van der Waals surface area contributed by atoms with E-state index in [0.717, 1.165) is 14.5 Å². The van der Waals surface area contributed by atoms with Crippen LogP contribution in [0.25, 0.3) is 0 Å². The number of anilines is 1. The predicted octanol–water partition coefficient (Wildman–Crippen LogP) is 2.51. The number of carbonyl (C=O) groups is 1. The van der Waals surface area contributed by atoms with Crippen LogP contribution in [-0.4, -0.2) is 13.1 Å². The van der Waals surface area contributed by atoms with Crippen molar-refractivity contribution in [2.24, 2.45) is 0 Å². The van der Waals surface area contributed by atoms with Crippen LogP contribution in [0.15, 0.2) is 21.1 Å². The summed E-state index contributed by atoms with van der Waals surface area (Å²) in [5, 5.41) is 0. The molecule has 0 saturated carbocycles. The van der Waals surface area contributed by atoms with Crippen LogP contribution in [0.1, 0.15) is 5.56 Å². The topological polar surface area (TPSA) is 52.3 Å². The van der Waals surface area contributed by atoms with Gasteiger partial charge in [0.1, 0.15) is 0 Å². The first-order chi connectivity index (χ1) is 6.54. The zero-order valence-electron chi connectivity index (χ0n) is 7.51. The molecule has 0 heterocycles. The molecule has 0 fully saturated rings. The highest BCUT2D eigenvalue weighted by Crippen LogP contribution is 2.28. The van der Waals surface area contributed by atoms with Gasteiger partial charge in [-0.05, 0) is 33.6 Å². The number of rotatable bonds is 2. The number of halogens is 2. The second-order valence-corrected chi connectivity index (χ2v) is 4.43. The lowest BCUT2D eigenvalue weighted by Crippen LogP contribution is -2.05. The van der Waals surface area contributed by atoms with Gasteiger partial charge in [0.25, 0.3) is 0 Å². The number of nitrogens with two attached hydrogens (primary N) is 1. The quantitative estimate of drug-likeness (QED) is 0.672.